The predicted octanol–water partition coefficient (Wildman–Crippen LogP) is 4.04. The molecule has 0 fully saturated rings. The third-order valence-corrected chi connectivity index (χ3v) is 3.83. The number of alkyl halides is 2. The lowest BCUT2D eigenvalue weighted by Gasteiger charge is -2.21. The number of hydrogen-bond donors (Lipinski definition) is 0. The molecule has 0 N–H and O–H groups in total. The molecule has 0 heterocycles. The van der Waals surface area contributed by atoms with Crippen LogP contribution in [0.15, 0.2) is 0 Å². The highest BCUT2D eigenvalue weighted by molar-refractivity contribution is 7.55. The maximum atomic E-state index is 13.6. The highest BCUT2D eigenvalue weighted by Crippen LogP contribution is 2.61. The molecular weight excluding hydrogens is 249 g/mol. The Bertz CT molecular complexity index is 310. The Morgan fingerprint density at radius 2 is 1.71 bits per heavy atom. The summed E-state index contributed by atoms with van der Waals surface area (Å²) in [6.07, 6.45) is 1.95. The van der Waals surface area contributed by atoms with E-state index in [9.17, 15) is 13.3 Å². The van der Waals surface area contributed by atoms with Crippen molar-refractivity contribution in [3.8, 4) is 11.8 Å². The van der Waals surface area contributed by atoms with Crippen LogP contribution in [-0.2, 0) is 13.6 Å². The largest absolute Gasteiger partial charge is 0.412 e. The van der Waals surface area contributed by atoms with Gasteiger partial charge in [0.25, 0.3) is 0 Å². The number of rotatable bonds is 7. The van der Waals surface area contributed by atoms with E-state index < -0.39 is 13.3 Å². The highest BCUT2D eigenvalue weighted by Gasteiger charge is 2.52. The van der Waals surface area contributed by atoms with Crippen LogP contribution in [0.4, 0.5) is 8.78 Å². The SMILES string of the molecule is CCCCC#CC(F)(F)P(=O)(OCC)OCC. The zero-order chi connectivity index (χ0) is 13.4. The molecule has 0 saturated carbocycles. The first-order valence-electron chi connectivity index (χ1n) is 5.70. The van der Waals surface area contributed by atoms with Gasteiger partial charge < -0.3 is 9.05 Å². The zero-order valence-electron chi connectivity index (χ0n) is 10.5. The van der Waals surface area contributed by atoms with Crippen molar-refractivity contribution in [2.75, 3.05) is 13.2 Å². The molecule has 0 radical (unpaired) electrons. The molecule has 0 amide bonds. The van der Waals surface area contributed by atoms with Crippen LogP contribution in [0.1, 0.15) is 40.0 Å². The van der Waals surface area contributed by atoms with E-state index in [-0.39, 0.29) is 13.2 Å². The molecule has 0 aliphatic heterocycles. The van der Waals surface area contributed by atoms with Gasteiger partial charge in [-0.25, -0.2) is 0 Å². The van der Waals surface area contributed by atoms with Gasteiger partial charge in [0.2, 0.25) is 0 Å². The Hall–Kier alpha value is -0.430. The van der Waals surface area contributed by atoms with Crippen LogP contribution in [0.3, 0.4) is 0 Å². The molecule has 3 nitrogen and oxygen atoms in total. The Labute approximate surface area is 101 Å². The molecule has 0 aromatic carbocycles. The second-order valence-electron chi connectivity index (χ2n) is 3.28. The third-order valence-electron chi connectivity index (χ3n) is 1.84. The van der Waals surface area contributed by atoms with Crippen molar-refractivity contribution in [1.82, 2.24) is 0 Å². The number of hydrogen-bond acceptors (Lipinski definition) is 3. The van der Waals surface area contributed by atoms with Gasteiger partial charge in [-0.1, -0.05) is 19.3 Å². The average molecular weight is 268 g/mol. The fourth-order valence-corrected chi connectivity index (χ4v) is 2.34. The van der Waals surface area contributed by atoms with Crippen molar-refractivity contribution < 1.29 is 22.4 Å². The van der Waals surface area contributed by atoms with Crippen LogP contribution in [-0.4, -0.2) is 18.9 Å². The van der Waals surface area contributed by atoms with E-state index in [2.05, 4.69) is 15.0 Å². The molecule has 0 aliphatic rings. The van der Waals surface area contributed by atoms with Gasteiger partial charge in [-0.05, 0) is 26.2 Å². The lowest BCUT2D eigenvalue weighted by molar-refractivity contribution is 0.0869. The van der Waals surface area contributed by atoms with E-state index in [1.807, 2.05) is 6.92 Å². The smallest absolute Gasteiger partial charge is 0.304 e. The zero-order valence-corrected chi connectivity index (χ0v) is 11.4. The van der Waals surface area contributed by atoms with E-state index in [1.54, 1.807) is 5.92 Å². The average Bonchev–Trinajstić information content (AvgIpc) is 2.25. The quantitative estimate of drug-likeness (QED) is 0.397. The predicted molar refractivity (Wildman–Crippen MR) is 63.1 cm³/mol. The van der Waals surface area contributed by atoms with Gasteiger partial charge >= 0.3 is 13.3 Å². The van der Waals surface area contributed by atoms with Crippen molar-refractivity contribution >= 4 is 7.60 Å². The number of halogens is 2. The van der Waals surface area contributed by atoms with Gasteiger partial charge in [-0.15, -0.1) is 0 Å². The minimum Gasteiger partial charge on any atom is -0.304 e. The van der Waals surface area contributed by atoms with E-state index in [0.717, 1.165) is 12.8 Å². The summed E-state index contributed by atoms with van der Waals surface area (Å²) < 4.78 is 48.1. The molecule has 0 saturated heterocycles. The summed E-state index contributed by atoms with van der Waals surface area (Å²) in [5.41, 5.74) is -3.74. The van der Waals surface area contributed by atoms with Crippen molar-refractivity contribution in [1.29, 1.82) is 0 Å². The molecule has 0 bridgehead atoms. The van der Waals surface area contributed by atoms with Crippen molar-refractivity contribution in [2.45, 2.75) is 45.7 Å². The Kier molecular flexibility index (Phi) is 7.61. The normalized spacial score (nSPS) is 12.1. The first-order valence-corrected chi connectivity index (χ1v) is 7.24. The van der Waals surface area contributed by atoms with Crippen molar-refractivity contribution in [2.24, 2.45) is 0 Å². The van der Waals surface area contributed by atoms with Gasteiger partial charge in [0.1, 0.15) is 0 Å². The van der Waals surface area contributed by atoms with Crippen LogP contribution in [0.25, 0.3) is 0 Å². The summed E-state index contributed by atoms with van der Waals surface area (Å²) in [6, 6.07) is 0. The van der Waals surface area contributed by atoms with Crippen LogP contribution < -0.4 is 0 Å². The minimum atomic E-state index is -4.48. The fourth-order valence-electron chi connectivity index (χ4n) is 1.04. The van der Waals surface area contributed by atoms with Crippen LogP contribution in [0.2, 0.25) is 0 Å². The van der Waals surface area contributed by atoms with Gasteiger partial charge in [0, 0.05) is 6.42 Å². The summed E-state index contributed by atoms with van der Waals surface area (Å²) in [5.74, 6) is 4.02. The Balaban J connectivity index is 4.80. The summed E-state index contributed by atoms with van der Waals surface area (Å²) >= 11 is 0. The first kappa shape index (κ1) is 16.6. The van der Waals surface area contributed by atoms with Crippen molar-refractivity contribution in [3.63, 3.8) is 0 Å². The summed E-state index contributed by atoms with van der Waals surface area (Å²) in [5, 5.41) is 0. The topological polar surface area (TPSA) is 35.5 Å². The highest BCUT2D eigenvalue weighted by atomic mass is 31.2. The third kappa shape index (κ3) is 5.16. The summed E-state index contributed by atoms with van der Waals surface area (Å²) in [7, 11) is -4.48. The maximum absolute atomic E-state index is 13.6. The minimum absolute atomic E-state index is 0.108. The van der Waals surface area contributed by atoms with Crippen LogP contribution in [0.5, 0.6) is 0 Å². The summed E-state index contributed by atoms with van der Waals surface area (Å²) in [4.78, 5) is 0. The second kappa shape index (κ2) is 7.81. The Morgan fingerprint density at radius 3 is 2.12 bits per heavy atom. The van der Waals surface area contributed by atoms with Crippen LogP contribution >= 0.6 is 7.60 Å². The second-order valence-corrected chi connectivity index (χ2v) is 5.35. The molecule has 0 rings (SSSR count). The molecular formula is C11H19F2O3P. The van der Waals surface area contributed by atoms with Gasteiger partial charge in [0.15, 0.2) is 0 Å². The van der Waals surface area contributed by atoms with Gasteiger partial charge in [-0.3, -0.25) is 4.57 Å². The molecule has 0 aliphatic carbocycles. The summed E-state index contributed by atoms with van der Waals surface area (Å²) in [6.45, 7) is 4.68. The standard InChI is InChI=1S/C11H19F2O3P/c1-4-7-8-9-10-11(12,13)17(14,15-5-2)16-6-3/h4-8H2,1-3H3. The molecule has 0 spiro atoms. The molecule has 0 aromatic rings. The molecule has 17 heavy (non-hydrogen) atoms. The lowest BCUT2D eigenvalue weighted by atomic mass is 10.2. The molecule has 0 unspecified atom stereocenters. The van der Waals surface area contributed by atoms with Gasteiger partial charge in [0.05, 0.1) is 13.2 Å². The van der Waals surface area contributed by atoms with E-state index in [4.69, 9.17) is 0 Å². The Morgan fingerprint density at radius 1 is 1.18 bits per heavy atom. The van der Waals surface area contributed by atoms with E-state index in [1.165, 1.54) is 13.8 Å². The van der Waals surface area contributed by atoms with Crippen molar-refractivity contribution in [3.05, 3.63) is 0 Å². The van der Waals surface area contributed by atoms with E-state index >= 15 is 0 Å². The van der Waals surface area contributed by atoms with E-state index in [0.29, 0.717) is 6.42 Å². The maximum Gasteiger partial charge on any atom is 0.412 e. The molecule has 6 heteroatoms. The lowest BCUT2D eigenvalue weighted by Crippen LogP contribution is -2.18. The number of unbranched alkanes of at least 4 members (excludes halogenated alkanes) is 2. The first-order chi connectivity index (χ1) is 7.93. The molecule has 100 valence electrons. The van der Waals surface area contributed by atoms with Gasteiger partial charge in [-0.2, -0.15) is 8.78 Å². The molecule has 0 aromatic heterocycles. The van der Waals surface area contributed by atoms with Crippen LogP contribution in [0, 0.1) is 11.8 Å². The monoisotopic (exact) mass is 268 g/mol. The fraction of sp³-hybridized carbons (Fsp3) is 0.818. The molecule has 0 atom stereocenters.